The van der Waals surface area contributed by atoms with Gasteiger partial charge in [-0.2, -0.15) is 0 Å². The van der Waals surface area contributed by atoms with E-state index >= 15 is 0 Å². The molecule has 18 heavy (non-hydrogen) atoms. The summed E-state index contributed by atoms with van der Waals surface area (Å²) in [5.74, 6) is 0. The van der Waals surface area contributed by atoms with Crippen molar-refractivity contribution in [3.8, 4) is 0 Å². The van der Waals surface area contributed by atoms with Gasteiger partial charge in [-0.15, -0.1) is 0 Å². The SMILES string of the molecule is [B][C@@H]1OC(CO)[C@H](O)C1OCC(C)OCO[I-]I. The second-order valence-corrected chi connectivity index (χ2v) is 7.06. The normalized spacial score (nSPS) is 34.0. The molecule has 1 fully saturated rings. The maximum absolute atomic E-state index is 9.79. The fourth-order valence-corrected chi connectivity index (χ4v) is 2.45. The molecule has 0 saturated carbocycles. The minimum atomic E-state index is -0.923. The first-order valence-electron chi connectivity index (χ1n) is 5.41. The summed E-state index contributed by atoms with van der Waals surface area (Å²) in [6.07, 6.45) is -2.42. The fraction of sp³-hybridized carbons (Fsp3) is 1.00. The van der Waals surface area contributed by atoms with Crippen molar-refractivity contribution in [3.05, 3.63) is 0 Å². The Morgan fingerprint density at radius 1 is 1.56 bits per heavy atom. The quantitative estimate of drug-likeness (QED) is 0.160. The van der Waals surface area contributed by atoms with Crippen molar-refractivity contribution >= 4 is 26.5 Å². The first kappa shape index (κ1) is 17.3. The topological polar surface area (TPSA) is 77.4 Å². The molecule has 0 aliphatic carbocycles. The van der Waals surface area contributed by atoms with Crippen molar-refractivity contribution in [2.24, 2.45) is 0 Å². The van der Waals surface area contributed by atoms with Gasteiger partial charge in [0.1, 0.15) is 0 Å². The molecular weight excluding hydrogens is 469 g/mol. The number of halogens is 2. The van der Waals surface area contributed by atoms with Gasteiger partial charge in [-0.05, 0) is 0 Å². The Hall–Kier alpha value is 1.28. The molecular formula is C9H16BI2O6-. The Labute approximate surface area is 128 Å². The van der Waals surface area contributed by atoms with Crippen LogP contribution in [0.25, 0.3) is 0 Å². The molecule has 1 rings (SSSR count). The Morgan fingerprint density at radius 2 is 2.28 bits per heavy atom. The number of aliphatic hydroxyl groups is 2. The first-order valence-corrected chi connectivity index (χ1v) is 12.6. The molecule has 0 aromatic heterocycles. The Balaban J connectivity index is 2.25. The van der Waals surface area contributed by atoms with E-state index in [2.05, 4.69) is 18.6 Å². The maximum atomic E-state index is 9.79. The van der Waals surface area contributed by atoms with Crippen LogP contribution >= 0.6 is 18.6 Å². The molecule has 1 aliphatic rings. The number of ether oxygens (including phenoxy) is 3. The van der Waals surface area contributed by atoms with Crippen molar-refractivity contribution in [2.75, 3.05) is 20.0 Å². The molecule has 3 unspecified atom stereocenters. The third-order valence-corrected chi connectivity index (χ3v) is 4.58. The fourth-order valence-electron chi connectivity index (χ4n) is 1.56. The van der Waals surface area contributed by atoms with E-state index in [0.29, 0.717) is 0 Å². The van der Waals surface area contributed by atoms with Crippen LogP contribution in [-0.4, -0.2) is 68.5 Å². The molecule has 106 valence electrons. The predicted molar refractivity (Wildman–Crippen MR) is 67.8 cm³/mol. The van der Waals surface area contributed by atoms with Crippen LogP contribution in [0.5, 0.6) is 0 Å². The molecule has 0 bridgehead atoms. The van der Waals surface area contributed by atoms with E-state index in [1.807, 2.05) is 6.92 Å². The molecule has 5 atom stereocenters. The Bertz CT molecular complexity index is 237. The van der Waals surface area contributed by atoms with Gasteiger partial charge in [-0.3, -0.25) is 0 Å². The average Bonchev–Trinajstić information content (AvgIpc) is 2.62. The van der Waals surface area contributed by atoms with Crippen molar-refractivity contribution in [2.45, 2.75) is 37.3 Å². The number of hydrogen-bond acceptors (Lipinski definition) is 6. The second-order valence-electron chi connectivity index (χ2n) is 3.87. The van der Waals surface area contributed by atoms with Crippen LogP contribution in [0.3, 0.4) is 0 Å². The zero-order valence-corrected chi connectivity index (χ0v) is 14.2. The first-order chi connectivity index (χ1) is 8.60. The van der Waals surface area contributed by atoms with Gasteiger partial charge < -0.3 is 0 Å². The van der Waals surface area contributed by atoms with Gasteiger partial charge >= 0.3 is 129 Å². The van der Waals surface area contributed by atoms with Crippen molar-refractivity contribution in [1.82, 2.24) is 0 Å². The molecule has 1 heterocycles. The van der Waals surface area contributed by atoms with E-state index in [0.717, 1.165) is 0 Å². The van der Waals surface area contributed by atoms with Gasteiger partial charge in [0.2, 0.25) is 0 Å². The van der Waals surface area contributed by atoms with Crippen LogP contribution in [0.4, 0.5) is 0 Å². The van der Waals surface area contributed by atoms with E-state index in [1.54, 1.807) is 0 Å². The van der Waals surface area contributed by atoms with Crippen molar-refractivity contribution < 1.29 is 45.1 Å². The Kier molecular flexibility index (Phi) is 8.92. The monoisotopic (exact) mass is 485 g/mol. The van der Waals surface area contributed by atoms with Gasteiger partial charge in [0, 0.05) is 0 Å². The second kappa shape index (κ2) is 9.26. The molecule has 2 radical (unpaired) electrons. The van der Waals surface area contributed by atoms with Gasteiger partial charge in [-0.1, -0.05) is 0 Å². The molecule has 0 amide bonds. The van der Waals surface area contributed by atoms with Gasteiger partial charge in [0.25, 0.3) is 0 Å². The summed E-state index contributed by atoms with van der Waals surface area (Å²) >= 11 is 1.91. The van der Waals surface area contributed by atoms with Crippen LogP contribution in [0, 0.1) is 0 Å². The molecule has 0 aromatic rings. The molecule has 0 aromatic carbocycles. The molecule has 2 N–H and O–H groups in total. The number of rotatable bonds is 8. The van der Waals surface area contributed by atoms with E-state index in [1.165, 1.54) is 0 Å². The van der Waals surface area contributed by atoms with E-state index < -0.39 is 24.3 Å². The standard InChI is InChI=1S/C9H16BI2O6/c1-5(16-4-17-12-11)3-15-8-7(14)6(2-13)18-9(8)10/h5-9,13-14H,2-4H2,1H3/q-1/t5?,6?,7-,8?,9+/m0/s1. The average molecular weight is 485 g/mol. The van der Waals surface area contributed by atoms with E-state index in [-0.39, 0.29) is 43.8 Å². The number of aliphatic hydroxyl groups excluding tert-OH is 2. The molecule has 6 nitrogen and oxygen atoms in total. The van der Waals surface area contributed by atoms with Crippen molar-refractivity contribution in [3.63, 3.8) is 0 Å². The van der Waals surface area contributed by atoms with Crippen LogP contribution in [0.1, 0.15) is 6.92 Å². The third kappa shape index (κ3) is 5.35. The summed E-state index contributed by atoms with van der Waals surface area (Å²) in [7, 11) is 5.66. The van der Waals surface area contributed by atoms with E-state index in [4.69, 9.17) is 30.2 Å². The van der Waals surface area contributed by atoms with Gasteiger partial charge in [0.05, 0.1) is 0 Å². The van der Waals surface area contributed by atoms with Crippen LogP contribution in [0.2, 0.25) is 0 Å². The van der Waals surface area contributed by atoms with Crippen LogP contribution < -0.4 is 17.6 Å². The minimum absolute atomic E-state index is 0.162. The summed E-state index contributed by atoms with van der Waals surface area (Å²) < 4.78 is 21.1. The van der Waals surface area contributed by atoms with Crippen molar-refractivity contribution in [1.29, 1.82) is 0 Å². The zero-order valence-electron chi connectivity index (χ0n) is 9.87. The third-order valence-electron chi connectivity index (χ3n) is 2.51. The van der Waals surface area contributed by atoms with Gasteiger partial charge in [0.15, 0.2) is 0 Å². The zero-order chi connectivity index (χ0) is 13.5. The molecule has 1 saturated heterocycles. The molecule has 0 spiro atoms. The summed E-state index contributed by atoms with van der Waals surface area (Å²) in [5, 5.41) is 18.8. The van der Waals surface area contributed by atoms with Crippen LogP contribution in [0.15, 0.2) is 0 Å². The van der Waals surface area contributed by atoms with Gasteiger partial charge in [-0.25, -0.2) is 0 Å². The molecule has 1 aliphatic heterocycles. The summed E-state index contributed by atoms with van der Waals surface area (Å²) in [6.45, 7) is 2.08. The molecule has 9 heteroatoms. The summed E-state index contributed by atoms with van der Waals surface area (Å²) in [4.78, 5) is 0. The van der Waals surface area contributed by atoms with E-state index in [9.17, 15) is 5.11 Å². The van der Waals surface area contributed by atoms with Crippen LogP contribution in [-0.2, 0) is 17.3 Å². The summed E-state index contributed by atoms with van der Waals surface area (Å²) in [5.41, 5.74) is 0. The Morgan fingerprint density at radius 3 is 2.83 bits per heavy atom. The predicted octanol–water partition coefficient (Wildman–Crippen LogP) is -3.65. The number of hydrogen-bond donors (Lipinski definition) is 2. The summed E-state index contributed by atoms with van der Waals surface area (Å²) in [6, 6.07) is -0.735.